The zero-order valence-corrected chi connectivity index (χ0v) is 10.8. The van der Waals surface area contributed by atoms with E-state index in [0.717, 1.165) is 13.0 Å². The summed E-state index contributed by atoms with van der Waals surface area (Å²) in [6, 6.07) is 9.39. The molecule has 0 aliphatic heterocycles. The van der Waals surface area contributed by atoms with E-state index in [1.807, 2.05) is 19.6 Å². The molecule has 1 aliphatic carbocycles. The predicted molar refractivity (Wildman–Crippen MR) is 72.3 cm³/mol. The van der Waals surface area contributed by atoms with Crippen LogP contribution in [0.15, 0.2) is 36.8 Å². The van der Waals surface area contributed by atoms with E-state index in [4.69, 9.17) is 0 Å². The van der Waals surface area contributed by atoms with Gasteiger partial charge in [-0.15, -0.1) is 0 Å². The Morgan fingerprint density at radius 3 is 2.94 bits per heavy atom. The van der Waals surface area contributed by atoms with Gasteiger partial charge in [-0.25, -0.2) is 4.98 Å². The lowest BCUT2D eigenvalue weighted by molar-refractivity contribution is 0.451. The van der Waals surface area contributed by atoms with Crippen molar-refractivity contribution in [3.63, 3.8) is 0 Å². The average Bonchev–Trinajstić information content (AvgIpc) is 2.82. The molecule has 1 unspecified atom stereocenters. The van der Waals surface area contributed by atoms with Gasteiger partial charge in [0.05, 0.1) is 12.0 Å². The van der Waals surface area contributed by atoms with Crippen molar-refractivity contribution in [1.82, 2.24) is 14.9 Å². The van der Waals surface area contributed by atoms with Crippen molar-refractivity contribution in [2.75, 3.05) is 0 Å². The second-order valence-electron chi connectivity index (χ2n) is 5.09. The molecule has 1 aromatic carbocycles. The minimum absolute atomic E-state index is 0.592. The number of imidazole rings is 1. The van der Waals surface area contributed by atoms with Crippen LogP contribution in [0, 0.1) is 0 Å². The first-order valence-electron chi connectivity index (χ1n) is 6.58. The average molecular weight is 241 g/mol. The van der Waals surface area contributed by atoms with Crippen molar-refractivity contribution in [2.24, 2.45) is 7.05 Å². The molecule has 3 rings (SSSR count). The lowest BCUT2D eigenvalue weighted by atomic mass is 9.88. The van der Waals surface area contributed by atoms with Gasteiger partial charge in [0.25, 0.3) is 0 Å². The molecule has 0 saturated heterocycles. The predicted octanol–water partition coefficient (Wildman–Crippen LogP) is 2.07. The number of hydrogen-bond acceptors (Lipinski definition) is 2. The van der Waals surface area contributed by atoms with E-state index < -0.39 is 0 Å². The van der Waals surface area contributed by atoms with Crippen LogP contribution in [0.2, 0.25) is 0 Å². The van der Waals surface area contributed by atoms with E-state index in [1.54, 1.807) is 0 Å². The summed E-state index contributed by atoms with van der Waals surface area (Å²) < 4.78 is 2.07. The summed E-state index contributed by atoms with van der Waals surface area (Å²) in [6.07, 6.45) is 7.36. The van der Waals surface area contributed by atoms with Crippen LogP contribution in [-0.4, -0.2) is 15.6 Å². The molecule has 18 heavy (non-hydrogen) atoms. The minimum atomic E-state index is 0.592. The van der Waals surface area contributed by atoms with Crippen LogP contribution in [0.25, 0.3) is 0 Å². The third-order valence-corrected chi connectivity index (χ3v) is 3.84. The van der Waals surface area contributed by atoms with Gasteiger partial charge in [0.15, 0.2) is 0 Å². The molecule has 0 fully saturated rings. The topological polar surface area (TPSA) is 29.9 Å². The SMILES string of the molecule is Cn1cncc1CNC1CCc2ccccc2C1. The van der Waals surface area contributed by atoms with Gasteiger partial charge in [-0.05, 0) is 30.4 Å². The highest BCUT2D eigenvalue weighted by Crippen LogP contribution is 2.21. The zero-order chi connectivity index (χ0) is 12.4. The molecule has 0 amide bonds. The van der Waals surface area contributed by atoms with Crippen LogP contribution in [0.5, 0.6) is 0 Å². The van der Waals surface area contributed by atoms with Crippen LogP contribution >= 0.6 is 0 Å². The number of nitrogens with zero attached hydrogens (tertiary/aromatic N) is 2. The summed E-state index contributed by atoms with van der Waals surface area (Å²) in [7, 11) is 2.04. The normalized spacial score (nSPS) is 18.6. The number of hydrogen-bond donors (Lipinski definition) is 1. The number of aromatic nitrogens is 2. The van der Waals surface area contributed by atoms with E-state index in [0.29, 0.717) is 6.04 Å². The molecular formula is C15H19N3. The Hall–Kier alpha value is -1.61. The highest BCUT2D eigenvalue weighted by atomic mass is 15.0. The Bertz CT molecular complexity index is 530. The smallest absolute Gasteiger partial charge is 0.0945 e. The molecule has 0 saturated carbocycles. The summed E-state index contributed by atoms with van der Waals surface area (Å²) in [5.41, 5.74) is 4.27. The largest absolute Gasteiger partial charge is 0.337 e. The molecule has 1 aliphatic rings. The van der Waals surface area contributed by atoms with Crippen LogP contribution in [0.4, 0.5) is 0 Å². The van der Waals surface area contributed by atoms with Gasteiger partial charge in [0.2, 0.25) is 0 Å². The highest BCUT2D eigenvalue weighted by Gasteiger charge is 2.17. The van der Waals surface area contributed by atoms with Gasteiger partial charge in [-0.2, -0.15) is 0 Å². The Morgan fingerprint density at radius 1 is 1.33 bits per heavy atom. The fraction of sp³-hybridized carbons (Fsp3) is 0.400. The molecule has 1 aromatic heterocycles. The third-order valence-electron chi connectivity index (χ3n) is 3.84. The molecule has 94 valence electrons. The summed E-state index contributed by atoms with van der Waals surface area (Å²) in [5, 5.41) is 3.64. The molecule has 1 N–H and O–H groups in total. The van der Waals surface area contributed by atoms with Gasteiger partial charge in [0.1, 0.15) is 0 Å². The fourth-order valence-electron chi connectivity index (χ4n) is 2.68. The van der Waals surface area contributed by atoms with Crippen molar-refractivity contribution in [2.45, 2.75) is 31.8 Å². The van der Waals surface area contributed by atoms with Gasteiger partial charge < -0.3 is 9.88 Å². The Kier molecular flexibility index (Phi) is 3.15. The third kappa shape index (κ3) is 2.31. The van der Waals surface area contributed by atoms with Crippen molar-refractivity contribution < 1.29 is 0 Å². The van der Waals surface area contributed by atoms with Gasteiger partial charge in [-0.1, -0.05) is 24.3 Å². The summed E-state index contributed by atoms with van der Waals surface area (Å²) in [6.45, 7) is 0.906. The molecule has 0 spiro atoms. The van der Waals surface area contributed by atoms with Crippen molar-refractivity contribution in [3.8, 4) is 0 Å². The lowest BCUT2D eigenvalue weighted by Crippen LogP contribution is -2.34. The molecule has 1 heterocycles. The number of benzene rings is 1. The van der Waals surface area contributed by atoms with Crippen LogP contribution in [0.3, 0.4) is 0 Å². The van der Waals surface area contributed by atoms with E-state index >= 15 is 0 Å². The van der Waals surface area contributed by atoms with E-state index in [2.05, 4.69) is 39.1 Å². The van der Waals surface area contributed by atoms with Crippen LogP contribution < -0.4 is 5.32 Å². The summed E-state index contributed by atoms with van der Waals surface area (Å²) in [5.74, 6) is 0. The van der Waals surface area contributed by atoms with Crippen molar-refractivity contribution >= 4 is 0 Å². The number of rotatable bonds is 3. The fourth-order valence-corrected chi connectivity index (χ4v) is 2.68. The standard InChI is InChI=1S/C15H19N3/c1-18-11-16-9-15(18)10-17-14-7-6-12-4-2-3-5-13(12)8-14/h2-5,9,11,14,17H,6-8,10H2,1H3. The zero-order valence-electron chi connectivity index (χ0n) is 10.8. The minimum Gasteiger partial charge on any atom is -0.337 e. The second-order valence-corrected chi connectivity index (χ2v) is 5.09. The maximum absolute atomic E-state index is 4.14. The summed E-state index contributed by atoms with van der Waals surface area (Å²) >= 11 is 0. The van der Waals surface area contributed by atoms with Crippen LogP contribution in [0.1, 0.15) is 23.2 Å². The monoisotopic (exact) mass is 241 g/mol. The lowest BCUT2D eigenvalue weighted by Gasteiger charge is -2.25. The first-order chi connectivity index (χ1) is 8.83. The van der Waals surface area contributed by atoms with Crippen molar-refractivity contribution in [3.05, 3.63) is 53.6 Å². The molecule has 0 radical (unpaired) electrons. The molecular weight excluding hydrogens is 222 g/mol. The van der Waals surface area contributed by atoms with Crippen LogP contribution in [-0.2, 0) is 26.4 Å². The molecule has 2 aromatic rings. The highest BCUT2D eigenvalue weighted by molar-refractivity contribution is 5.30. The first-order valence-corrected chi connectivity index (χ1v) is 6.58. The first kappa shape index (κ1) is 11.5. The Labute approximate surface area is 108 Å². The molecule has 1 atom stereocenters. The Morgan fingerprint density at radius 2 is 2.17 bits per heavy atom. The molecule has 3 heteroatoms. The van der Waals surface area contributed by atoms with E-state index in [-0.39, 0.29) is 0 Å². The molecule has 3 nitrogen and oxygen atoms in total. The quantitative estimate of drug-likeness (QED) is 0.891. The van der Waals surface area contributed by atoms with Crippen molar-refractivity contribution in [1.29, 1.82) is 0 Å². The number of nitrogens with one attached hydrogen (secondary N) is 1. The number of fused-ring (bicyclic) bond motifs is 1. The summed E-state index contributed by atoms with van der Waals surface area (Å²) in [4.78, 5) is 4.14. The number of aryl methyl sites for hydroxylation is 2. The van der Waals surface area contributed by atoms with Gasteiger partial charge in [0, 0.05) is 25.8 Å². The maximum atomic E-state index is 4.14. The molecule has 0 bridgehead atoms. The van der Waals surface area contributed by atoms with E-state index in [1.165, 1.54) is 29.7 Å². The Balaban J connectivity index is 1.61. The van der Waals surface area contributed by atoms with Gasteiger partial charge >= 0.3 is 0 Å². The van der Waals surface area contributed by atoms with Gasteiger partial charge in [-0.3, -0.25) is 0 Å². The maximum Gasteiger partial charge on any atom is 0.0945 e. The van der Waals surface area contributed by atoms with E-state index in [9.17, 15) is 0 Å². The second kappa shape index (κ2) is 4.94.